The van der Waals surface area contributed by atoms with Gasteiger partial charge in [0.1, 0.15) is 24.4 Å². The van der Waals surface area contributed by atoms with Crippen LogP contribution in [0.3, 0.4) is 0 Å². The minimum absolute atomic E-state index is 0.222. The maximum absolute atomic E-state index is 13.0. The number of hydrogen-bond donors (Lipinski definition) is 0. The number of fused-ring (bicyclic) bond motifs is 1. The van der Waals surface area contributed by atoms with Crippen LogP contribution in [0.1, 0.15) is 6.92 Å². The first-order valence-corrected chi connectivity index (χ1v) is 8.31. The molecule has 8 heteroatoms. The molecule has 1 atom stereocenters. The molecule has 0 spiro atoms. The van der Waals surface area contributed by atoms with Crippen LogP contribution < -0.4 is 9.47 Å². The van der Waals surface area contributed by atoms with Crippen LogP contribution in [0.2, 0.25) is 0 Å². The zero-order valence-electron chi connectivity index (χ0n) is 14.5. The predicted octanol–water partition coefficient (Wildman–Crippen LogP) is 3.83. The second-order valence-electron chi connectivity index (χ2n) is 6.64. The maximum Gasteiger partial charge on any atom is 0.415 e. The number of ether oxygens (including phenoxy) is 2. The van der Waals surface area contributed by atoms with Gasteiger partial charge in [-0.1, -0.05) is 24.3 Å². The van der Waals surface area contributed by atoms with E-state index in [9.17, 15) is 14.5 Å². The Morgan fingerprint density at radius 2 is 1.85 bits per heavy atom. The fourth-order valence-corrected chi connectivity index (χ4v) is 2.98. The summed E-state index contributed by atoms with van der Waals surface area (Å²) in [4.78, 5) is 14.1. The SMILES string of the molecule is C[C@@]1(COc2ccc(-c3ccc(F)cc3)cc2)Cn2cc([N+](=O)[O-])nc2O1. The number of halogens is 1. The second-order valence-corrected chi connectivity index (χ2v) is 6.64. The first-order valence-electron chi connectivity index (χ1n) is 8.31. The summed E-state index contributed by atoms with van der Waals surface area (Å²) in [5.41, 5.74) is 1.21. The van der Waals surface area contributed by atoms with Gasteiger partial charge < -0.3 is 19.6 Å². The van der Waals surface area contributed by atoms with Gasteiger partial charge in [0.2, 0.25) is 0 Å². The standard InChI is InChI=1S/C19H16FN3O4/c1-19(11-22-10-17(23(24)25)21-18(22)27-19)12-26-16-8-4-14(5-9-16)13-2-6-15(20)7-3-13/h2-10H,11-12H2,1H3/t19-/m0/s1. The van der Waals surface area contributed by atoms with Crippen LogP contribution in [0.4, 0.5) is 10.2 Å². The smallest absolute Gasteiger partial charge is 0.415 e. The topological polar surface area (TPSA) is 79.4 Å². The largest absolute Gasteiger partial charge is 0.489 e. The Balaban J connectivity index is 1.39. The highest BCUT2D eigenvalue weighted by Crippen LogP contribution is 2.31. The van der Waals surface area contributed by atoms with E-state index in [4.69, 9.17) is 9.47 Å². The molecule has 2 aromatic carbocycles. The van der Waals surface area contributed by atoms with E-state index in [1.807, 2.05) is 31.2 Å². The lowest BCUT2D eigenvalue weighted by Gasteiger charge is -2.22. The van der Waals surface area contributed by atoms with Crippen LogP contribution in [-0.4, -0.2) is 26.7 Å². The minimum Gasteiger partial charge on any atom is -0.489 e. The Labute approximate surface area is 154 Å². The average molecular weight is 369 g/mol. The number of benzene rings is 2. The fourth-order valence-electron chi connectivity index (χ4n) is 2.98. The Morgan fingerprint density at radius 1 is 1.22 bits per heavy atom. The molecule has 0 bridgehead atoms. The van der Waals surface area contributed by atoms with Crippen molar-refractivity contribution in [1.29, 1.82) is 0 Å². The normalized spacial score (nSPS) is 18.0. The molecule has 0 saturated carbocycles. The van der Waals surface area contributed by atoms with Crippen LogP contribution in [-0.2, 0) is 6.54 Å². The molecule has 7 nitrogen and oxygen atoms in total. The molecule has 0 amide bonds. The molecule has 0 aliphatic carbocycles. The molecule has 3 aromatic rings. The number of hydrogen-bond acceptors (Lipinski definition) is 5. The van der Waals surface area contributed by atoms with E-state index in [2.05, 4.69) is 4.98 Å². The zero-order chi connectivity index (χ0) is 19.0. The molecule has 1 aliphatic heterocycles. The van der Waals surface area contributed by atoms with Crippen molar-refractivity contribution in [3.05, 3.63) is 70.7 Å². The van der Waals surface area contributed by atoms with E-state index in [1.54, 1.807) is 16.7 Å². The Kier molecular flexibility index (Phi) is 4.02. The summed E-state index contributed by atoms with van der Waals surface area (Å²) in [6, 6.07) is 14.0. The number of rotatable bonds is 5. The molecule has 0 saturated heterocycles. The van der Waals surface area contributed by atoms with E-state index in [1.165, 1.54) is 18.3 Å². The zero-order valence-corrected chi connectivity index (χ0v) is 14.5. The third kappa shape index (κ3) is 3.46. The third-order valence-electron chi connectivity index (χ3n) is 4.33. The molecule has 1 aromatic heterocycles. The van der Waals surface area contributed by atoms with Gasteiger partial charge in [0.05, 0.1) is 6.54 Å². The Bertz CT molecular complexity index is 960. The van der Waals surface area contributed by atoms with Crippen LogP contribution >= 0.6 is 0 Å². The van der Waals surface area contributed by atoms with Crippen LogP contribution in [0.25, 0.3) is 11.1 Å². The van der Waals surface area contributed by atoms with Gasteiger partial charge in [0, 0.05) is 4.98 Å². The van der Waals surface area contributed by atoms with E-state index >= 15 is 0 Å². The highest BCUT2D eigenvalue weighted by atomic mass is 19.1. The summed E-state index contributed by atoms with van der Waals surface area (Å²) in [7, 11) is 0. The van der Waals surface area contributed by atoms with Gasteiger partial charge in [0.15, 0.2) is 5.60 Å². The molecule has 138 valence electrons. The van der Waals surface area contributed by atoms with Gasteiger partial charge in [-0.2, -0.15) is 0 Å². The minimum atomic E-state index is -0.660. The number of nitrogens with zero attached hydrogens (tertiary/aromatic N) is 3. The number of imidazole rings is 1. The van der Waals surface area contributed by atoms with Gasteiger partial charge >= 0.3 is 11.8 Å². The summed E-state index contributed by atoms with van der Waals surface area (Å²) in [6.07, 6.45) is 1.36. The fraction of sp³-hybridized carbons (Fsp3) is 0.211. The lowest BCUT2D eigenvalue weighted by atomic mass is 10.1. The van der Waals surface area contributed by atoms with E-state index in [0.717, 1.165) is 11.1 Å². The molecule has 2 heterocycles. The van der Waals surface area contributed by atoms with Crippen molar-refractivity contribution in [2.24, 2.45) is 0 Å². The van der Waals surface area contributed by atoms with Crippen molar-refractivity contribution in [3.8, 4) is 22.9 Å². The quantitative estimate of drug-likeness (QED) is 0.504. The van der Waals surface area contributed by atoms with Crippen LogP contribution in [0, 0.1) is 15.9 Å². The van der Waals surface area contributed by atoms with E-state index < -0.39 is 10.5 Å². The van der Waals surface area contributed by atoms with Gasteiger partial charge in [-0.15, -0.1) is 0 Å². The van der Waals surface area contributed by atoms with Crippen molar-refractivity contribution in [3.63, 3.8) is 0 Å². The van der Waals surface area contributed by atoms with Crippen molar-refractivity contribution < 1.29 is 18.8 Å². The maximum atomic E-state index is 13.0. The van der Waals surface area contributed by atoms with Crippen molar-refractivity contribution in [2.45, 2.75) is 19.1 Å². The van der Waals surface area contributed by atoms with Gasteiger partial charge in [-0.05, 0) is 47.2 Å². The van der Waals surface area contributed by atoms with Gasteiger partial charge in [0.25, 0.3) is 0 Å². The van der Waals surface area contributed by atoms with Gasteiger partial charge in [-0.3, -0.25) is 4.57 Å². The van der Waals surface area contributed by atoms with Crippen LogP contribution in [0.15, 0.2) is 54.7 Å². The van der Waals surface area contributed by atoms with E-state index in [0.29, 0.717) is 12.3 Å². The lowest BCUT2D eigenvalue weighted by molar-refractivity contribution is -0.389. The molecule has 27 heavy (non-hydrogen) atoms. The van der Waals surface area contributed by atoms with E-state index in [-0.39, 0.29) is 24.3 Å². The van der Waals surface area contributed by atoms with Gasteiger partial charge in [-0.25, -0.2) is 4.39 Å². The molecule has 0 unspecified atom stereocenters. The van der Waals surface area contributed by atoms with Crippen molar-refractivity contribution >= 4 is 5.82 Å². The highest BCUT2D eigenvalue weighted by molar-refractivity contribution is 5.63. The molecule has 0 fully saturated rings. The molecule has 0 N–H and O–H groups in total. The Hall–Kier alpha value is -3.42. The van der Waals surface area contributed by atoms with Crippen molar-refractivity contribution in [1.82, 2.24) is 9.55 Å². The summed E-state index contributed by atoms with van der Waals surface area (Å²) in [5, 5.41) is 10.8. The molecule has 1 aliphatic rings. The molecular formula is C19H16FN3O4. The summed E-state index contributed by atoms with van der Waals surface area (Å²) in [6.45, 7) is 2.54. The second kappa shape index (κ2) is 6.39. The summed E-state index contributed by atoms with van der Waals surface area (Å²) >= 11 is 0. The number of nitro groups is 1. The molecule has 0 radical (unpaired) electrons. The van der Waals surface area contributed by atoms with Crippen LogP contribution in [0.5, 0.6) is 11.8 Å². The third-order valence-corrected chi connectivity index (χ3v) is 4.33. The first-order chi connectivity index (χ1) is 12.9. The average Bonchev–Trinajstić information content (AvgIpc) is 3.17. The van der Waals surface area contributed by atoms with Crippen molar-refractivity contribution in [2.75, 3.05) is 6.61 Å². The summed E-state index contributed by atoms with van der Waals surface area (Å²) in [5.74, 6) is 0.166. The molecular weight excluding hydrogens is 353 g/mol. The predicted molar refractivity (Wildman–Crippen MR) is 95.2 cm³/mol. The first kappa shape index (κ1) is 17.0. The monoisotopic (exact) mass is 369 g/mol. The lowest BCUT2D eigenvalue weighted by Crippen LogP contribution is -2.38. The summed E-state index contributed by atoms with van der Waals surface area (Å²) < 4.78 is 26.2. The Morgan fingerprint density at radius 3 is 2.44 bits per heavy atom. The molecule has 4 rings (SSSR count). The highest BCUT2D eigenvalue weighted by Gasteiger charge is 2.41. The number of aromatic nitrogens is 2.